The summed E-state index contributed by atoms with van der Waals surface area (Å²) in [5, 5.41) is 13.0. The summed E-state index contributed by atoms with van der Waals surface area (Å²) in [6.45, 7) is 2.54. The first-order valence-electron chi connectivity index (χ1n) is 9.35. The van der Waals surface area contributed by atoms with Crippen LogP contribution in [0.4, 0.5) is 0 Å². The molecule has 1 aromatic carbocycles. The molecule has 148 valence electrons. The van der Waals surface area contributed by atoms with Gasteiger partial charge >= 0.3 is 0 Å². The number of rotatable bonds is 9. The highest BCUT2D eigenvalue weighted by molar-refractivity contribution is 5.86. The van der Waals surface area contributed by atoms with Gasteiger partial charge in [0.1, 0.15) is 0 Å². The maximum Gasteiger partial charge on any atom is 0.255 e. The lowest BCUT2D eigenvalue weighted by molar-refractivity contribution is -0.155. The number of nitrogens with one attached hydrogen (secondary N) is 3. The second-order valence-electron chi connectivity index (χ2n) is 6.80. The van der Waals surface area contributed by atoms with Crippen LogP contribution in [0.2, 0.25) is 0 Å². The third kappa shape index (κ3) is 6.33. The highest BCUT2D eigenvalue weighted by atomic mass is 16.5. The van der Waals surface area contributed by atoms with Gasteiger partial charge in [-0.25, -0.2) is 5.06 Å². The highest BCUT2D eigenvalue weighted by Gasteiger charge is 2.26. The van der Waals surface area contributed by atoms with Crippen molar-refractivity contribution < 1.29 is 19.6 Å². The van der Waals surface area contributed by atoms with Gasteiger partial charge in [0, 0.05) is 6.54 Å². The van der Waals surface area contributed by atoms with Crippen molar-refractivity contribution >= 4 is 18.2 Å². The van der Waals surface area contributed by atoms with E-state index >= 15 is 0 Å². The fourth-order valence-electron chi connectivity index (χ4n) is 3.17. The van der Waals surface area contributed by atoms with E-state index in [1.54, 1.807) is 0 Å². The van der Waals surface area contributed by atoms with Crippen molar-refractivity contribution in [3.8, 4) is 0 Å². The van der Waals surface area contributed by atoms with E-state index < -0.39 is 17.9 Å². The Morgan fingerprint density at radius 1 is 1.30 bits per heavy atom. The molecule has 1 aliphatic heterocycles. The van der Waals surface area contributed by atoms with Crippen LogP contribution in [-0.4, -0.2) is 41.1 Å². The molecule has 2 atom stereocenters. The van der Waals surface area contributed by atoms with Crippen LogP contribution in [0.1, 0.15) is 43.7 Å². The highest BCUT2D eigenvalue weighted by Crippen LogP contribution is 2.16. The summed E-state index contributed by atoms with van der Waals surface area (Å²) in [7, 11) is 0. The number of carbonyl (C=O) groups excluding carboxylic acids is 3. The quantitative estimate of drug-likeness (QED) is 0.221. The molecule has 0 unspecified atom stereocenters. The average molecular weight is 376 g/mol. The molecule has 0 spiro atoms. The molecule has 1 aliphatic rings. The Balaban J connectivity index is 1.85. The Morgan fingerprint density at radius 3 is 2.74 bits per heavy atom. The first-order chi connectivity index (χ1) is 13.0. The number of benzene rings is 1. The molecule has 1 aromatic rings. The largest absolute Gasteiger partial charge is 0.301 e. The van der Waals surface area contributed by atoms with Gasteiger partial charge in [0.25, 0.3) is 5.91 Å². The number of fused-ring (bicyclic) bond motifs is 1. The second-order valence-corrected chi connectivity index (χ2v) is 6.80. The molecule has 0 aromatic heterocycles. The Morgan fingerprint density at radius 2 is 2.04 bits per heavy atom. The summed E-state index contributed by atoms with van der Waals surface area (Å²) < 4.78 is 0. The van der Waals surface area contributed by atoms with Crippen molar-refractivity contribution in [3.63, 3.8) is 0 Å². The van der Waals surface area contributed by atoms with E-state index in [2.05, 4.69) is 16.2 Å². The van der Waals surface area contributed by atoms with Crippen LogP contribution in [0, 0.1) is 5.92 Å². The summed E-state index contributed by atoms with van der Waals surface area (Å²) in [6.07, 6.45) is 4.09. The summed E-state index contributed by atoms with van der Waals surface area (Å²) >= 11 is 0. The molecule has 8 nitrogen and oxygen atoms in total. The van der Waals surface area contributed by atoms with Crippen LogP contribution in [-0.2, 0) is 27.3 Å². The molecule has 0 saturated heterocycles. The lowest BCUT2D eigenvalue weighted by atomic mass is 9.95. The zero-order chi connectivity index (χ0) is 19.6. The maximum atomic E-state index is 12.4. The van der Waals surface area contributed by atoms with E-state index in [1.165, 1.54) is 5.56 Å². The molecule has 0 bridgehead atoms. The lowest BCUT2D eigenvalue weighted by Crippen LogP contribution is -2.54. The number of hydrogen-bond acceptors (Lipinski definition) is 5. The molecular weight excluding hydrogens is 348 g/mol. The first kappa shape index (κ1) is 20.9. The van der Waals surface area contributed by atoms with Crippen LogP contribution < -0.4 is 16.2 Å². The number of amides is 3. The van der Waals surface area contributed by atoms with E-state index in [0.717, 1.165) is 24.8 Å². The Labute approximate surface area is 159 Å². The SMILES string of the molecule is CCCCC[C@H](CN(O)C=O)C(=O)NNC(=O)[C@@H]1Cc2ccccc2CN1. The number of nitrogens with zero attached hydrogens (tertiary/aromatic N) is 1. The van der Waals surface area contributed by atoms with Crippen molar-refractivity contribution in [1.82, 2.24) is 21.2 Å². The van der Waals surface area contributed by atoms with E-state index in [0.29, 0.717) is 24.4 Å². The molecule has 1 heterocycles. The van der Waals surface area contributed by atoms with Gasteiger partial charge in [0.15, 0.2) is 0 Å². The van der Waals surface area contributed by atoms with Gasteiger partial charge in [-0.15, -0.1) is 0 Å². The predicted octanol–water partition coefficient (Wildman–Crippen LogP) is 0.892. The van der Waals surface area contributed by atoms with Gasteiger partial charge in [-0.2, -0.15) is 0 Å². The second kappa shape index (κ2) is 10.6. The molecule has 0 aliphatic carbocycles. The fourth-order valence-corrected chi connectivity index (χ4v) is 3.17. The molecule has 0 saturated carbocycles. The summed E-state index contributed by atoms with van der Waals surface area (Å²) in [4.78, 5) is 35.4. The van der Waals surface area contributed by atoms with Crippen molar-refractivity contribution in [1.29, 1.82) is 0 Å². The minimum absolute atomic E-state index is 0.107. The van der Waals surface area contributed by atoms with Gasteiger partial charge < -0.3 is 5.32 Å². The van der Waals surface area contributed by atoms with Crippen LogP contribution in [0.5, 0.6) is 0 Å². The topological polar surface area (TPSA) is 111 Å². The molecular formula is C19H28N4O4. The van der Waals surface area contributed by atoms with E-state index in [9.17, 15) is 19.6 Å². The monoisotopic (exact) mass is 376 g/mol. The van der Waals surface area contributed by atoms with Crippen molar-refractivity contribution in [2.45, 2.75) is 51.6 Å². The molecule has 2 rings (SSSR count). The van der Waals surface area contributed by atoms with Gasteiger partial charge in [-0.3, -0.25) is 30.4 Å². The number of hydrazine groups is 1. The number of hydroxylamine groups is 2. The predicted molar refractivity (Wildman–Crippen MR) is 99.2 cm³/mol. The summed E-state index contributed by atoms with van der Waals surface area (Å²) in [5.41, 5.74) is 7.16. The van der Waals surface area contributed by atoms with Crippen molar-refractivity contribution in [2.75, 3.05) is 6.54 Å². The first-order valence-corrected chi connectivity index (χ1v) is 9.35. The van der Waals surface area contributed by atoms with Crippen LogP contribution in [0.15, 0.2) is 24.3 Å². The standard InChI is InChI=1S/C19H28N4O4/c1-2-3-4-9-16(12-23(27)13-24)18(25)21-22-19(26)17-10-14-7-5-6-8-15(14)11-20-17/h5-8,13,16-17,20,27H,2-4,9-12H2,1H3,(H,21,25)(H,22,26)/t16-,17+/m1/s1. The lowest BCUT2D eigenvalue weighted by Gasteiger charge is -2.26. The molecule has 8 heteroatoms. The Hall–Kier alpha value is -2.45. The summed E-state index contributed by atoms with van der Waals surface area (Å²) in [6, 6.07) is 7.49. The van der Waals surface area contributed by atoms with E-state index in [-0.39, 0.29) is 18.9 Å². The molecule has 4 N–H and O–H groups in total. The Kier molecular flexibility index (Phi) is 8.22. The molecule has 3 amide bonds. The third-order valence-corrected chi connectivity index (χ3v) is 4.76. The molecule has 0 fully saturated rings. The van der Waals surface area contributed by atoms with Crippen molar-refractivity contribution in [2.24, 2.45) is 5.92 Å². The smallest absolute Gasteiger partial charge is 0.255 e. The maximum absolute atomic E-state index is 12.4. The third-order valence-electron chi connectivity index (χ3n) is 4.76. The number of hydrogen-bond donors (Lipinski definition) is 4. The Bertz CT molecular complexity index is 652. The normalized spacial score (nSPS) is 16.7. The molecule has 27 heavy (non-hydrogen) atoms. The average Bonchev–Trinajstić information content (AvgIpc) is 2.70. The fraction of sp³-hybridized carbons (Fsp3) is 0.526. The zero-order valence-corrected chi connectivity index (χ0v) is 15.6. The minimum Gasteiger partial charge on any atom is -0.301 e. The minimum atomic E-state index is -0.591. The molecule has 0 radical (unpaired) electrons. The summed E-state index contributed by atoms with van der Waals surface area (Å²) in [5.74, 6) is -1.33. The van der Waals surface area contributed by atoms with E-state index in [4.69, 9.17) is 0 Å². The van der Waals surface area contributed by atoms with Crippen LogP contribution in [0.25, 0.3) is 0 Å². The van der Waals surface area contributed by atoms with Gasteiger partial charge in [-0.1, -0.05) is 50.5 Å². The van der Waals surface area contributed by atoms with Gasteiger partial charge in [0.2, 0.25) is 12.3 Å². The zero-order valence-electron chi connectivity index (χ0n) is 15.6. The van der Waals surface area contributed by atoms with Gasteiger partial charge in [-0.05, 0) is 24.0 Å². The van der Waals surface area contributed by atoms with Crippen LogP contribution in [0.3, 0.4) is 0 Å². The number of carbonyl (C=O) groups is 3. The number of unbranched alkanes of at least 4 members (excludes halogenated alkanes) is 2. The van der Waals surface area contributed by atoms with E-state index in [1.807, 2.05) is 31.2 Å². The van der Waals surface area contributed by atoms with Crippen LogP contribution >= 0.6 is 0 Å². The van der Waals surface area contributed by atoms with Gasteiger partial charge in [0.05, 0.1) is 18.5 Å². The van der Waals surface area contributed by atoms with Crippen molar-refractivity contribution in [3.05, 3.63) is 35.4 Å².